The van der Waals surface area contributed by atoms with Gasteiger partial charge < -0.3 is 14.7 Å². The van der Waals surface area contributed by atoms with Crippen LogP contribution in [0.3, 0.4) is 0 Å². The summed E-state index contributed by atoms with van der Waals surface area (Å²) in [5.41, 5.74) is 0. The van der Waals surface area contributed by atoms with Crippen LogP contribution in [-0.2, 0) is 9.59 Å². The normalized spacial score (nSPS) is 14.3. The van der Waals surface area contributed by atoms with Crippen molar-refractivity contribution < 1.29 is 14.1 Å². The van der Waals surface area contributed by atoms with Gasteiger partial charge in [0.05, 0.1) is 6.54 Å². The third-order valence-corrected chi connectivity index (χ3v) is 2.77. The molecule has 1 fully saturated rings. The Morgan fingerprint density at radius 2 is 2.33 bits per heavy atom. The number of carbonyl (C=O) groups is 2. The number of amides is 2. The highest BCUT2D eigenvalue weighted by Gasteiger charge is 2.33. The fourth-order valence-corrected chi connectivity index (χ4v) is 1.76. The van der Waals surface area contributed by atoms with Crippen LogP contribution in [0.2, 0.25) is 0 Å². The molecule has 1 aliphatic rings. The molecule has 0 atom stereocenters. The van der Waals surface area contributed by atoms with Gasteiger partial charge in [0.1, 0.15) is 6.26 Å². The molecule has 0 bridgehead atoms. The lowest BCUT2D eigenvalue weighted by molar-refractivity contribution is -0.135. The van der Waals surface area contributed by atoms with E-state index in [9.17, 15) is 9.59 Å². The summed E-state index contributed by atoms with van der Waals surface area (Å²) in [5, 5.41) is 6.18. The molecule has 1 aliphatic carbocycles. The number of rotatable bonds is 6. The quantitative estimate of drug-likeness (QED) is 0.826. The predicted octanol–water partition coefficient (Wildman–Crippen LogP) is 1.26. The monoisotopic (exact) mass is 251 g/mol. The van der Waals surface area contributed by atoms with Gasteiger partial charge in [0.15, 0.2) is 5.82 Å². The van der Waals surface area contributed by atoms with Crippen molar-refractivity contribution in [1.82, 2.24) is 10.1 Å². The van der Waals surface area contributed by atoms with Gasteiger partial charge >= 0.3 is 0 Å². The van der Waals surface area contributed by atoms with Gasteiger partial charge in [-0.3, -0.25) is 9.59 Å². The molecule has 0 radical (unpaired) electrons. The van der Waals surface area contributed by atoms with Crippen molar-refractivity contribution in [1.29, 1.82) is 0 Å². The van der Waals surface area contributed by atoms with E-state index in [1.807, 2.05) is 6.92 Å². The molecule has 0 saturated heterocycles. The van der Waals surface area contributed by atoms with Gasteiger partial charge in [0, 0.05) is 18.5 Å². The number of aromatic nitrogens is 1. The Morgan fingerprint density at radius 1 is 1.56 bits per heavy atom. The SMILES string of the molecule is CCCN(CC(=O)Nc1ccon1)C(=O)C1CC1. The topological polar surface area (TPSA) is 75.4 Å². The minimum atomic E-state index is -0.244. The smallest absolute Gasteiger partial charge is 0.245 e. The molecule has 0 spiro atoms. The summed E-state index contributed by atoms with van der Waals surface area (Å²) in [6.07, 6.45) is 4.12. The van der Waals surface area contributed by atoms with Crippen LogP contribution in [0.4, 0.5) is 5.82 Å². The number of anilines is 1. The van der Waals surface area contributed by atoms with Crippen molar-refractivity contribution in [3.05, 3.63) is 12.3 Å². The lowest BCUT2D eigenvalue weighted by Gasteiger charge is -2.21. The van der Waals surface area contributed by atoms with Gasteiger partial charge in [0.2, 0.25) is 11.8 Å². The molecular weight excluding hydrogens is 234 g/mol. The third-order valence-electron chi connectivity index (χ3n) is 2.77. The van der Waals surface area contributed by atoms with Crippen molar-refractivity contribution >= 4 is 17.6 Å². The molecule has 1 N–H and O–H groups in total. The number of carbonyl (C=O) groups excluding carboxylic acids is 2. The second kappa shape index (κ2) is 5.66. The molecule has 1 aromatic heterocycles. The highest BCUT2D eigenvalue weighted by molar-refractivity contribution is 5.94. The van der Waals surface area contributed by atoms with E-state index in [1.165, 1.54) is 6.26 Å². The van der Waals surface area contributed by atoms with Crippen molar-refractivity contribution in [2.24, 2.45) is 5.92 Å². The van der Waals surface area contributed by atoms with Crippen LogP contribution in [-0.4, -0.2) is 35.0 Å². The standard InChI is InChI=1S/C12H17N3O3/c1-2-6-15(12(17)9-3-4-9)8-11(16)13-10-5-7-18-14-10/h5,7,9H,2-4,6,8H2,1H3,(H,13,14,16). The van der Waals surface area contributed by atoms with E-state index < -0.39 is 0 Å². The third kappa shape index (κ3) is 3.32. The fraction of sp³-hybridized carbons (Fsp3) is 0.583. The molecule has 1 saturated carbocycles. The Labute approximate surface area is 105 Å². The molecule has 1 heterocycles. The van der Waals surface area contributed by atoms with Crippen molar-refractivity contribution in [2.75, 3.05) is 18.4 Å². The second-order valence-corrected chi connectivity index (χ2v) is 4.47. The lowest BCUT2D eigenvalue weighted by Crippen LogP contribution is -2.39. The second-order valence-electron chi connectivity index (χ2n) is 4.47. The fourth-order valence-electron chi connectivity index (χ4n) is 1.76. The van der Waals surface area contributed by atoms with Crippen LogP contribution in [0.5, 0.6) is 0 Å². The summed E-state index contributed by atoms with van der Waals surface area (Å²) < 4.78 is 4.62. The van der Waals surface area contributed by atoms with Crippen LogP contribution < -0.4 is 5.32 Å². The van der Waals surface area contributed by atoms with E-state index in [2.05, 4.69) is 15.0 Å². The molecule has 1 aromatic rings. The minimum Gasteiger partial charge on any atom is -0.363 e. The summed E-state index contributed by atoms with van der Waals surface area (Å²) in [7, 11) is 0. The molecule has 2 rings (SSSR count). The number of nitrogens with zero attached hydrogens (tertiary/aromatic N) is 2. The largest absolute Gasteiger partial charge is 0.363 e. The van der Waals surface area contributed by atoms with Crippen molar-refractivity contribution in [3.8, 4) is 0 Å². The first-order valence-electron chi connectivity index (χ1n) is 6.19. The zero-order chi connectivity index (χ0) is 13.0. The van der Waals surface area contributed by atoms with Gasteiger partial charge in [-0.1, -0.05) is 12.1 Å². The van der Waals surface area contributed by atoms with E-state index in [1.54, 1.807) is 11.0 Å². The highest BCUT2D eigenvalue weighted by Crippen LogP contribution is 2.31. The average Bonchev–Trinajstić information content (AvgIpc) is 3.07. The first-order chi connectivity index (χ1) is 8.70. The van der Waals surface area contributed by atoms with E-state index >= 15 is 0 Å². The van der Waals surface area contributed by atoms with E-state index in [0.717, 1.165) is 19.3 Å². The summed E-state index contributed by atoms with van der Waals surface area (Å²) in [6.45, 7) is 2.68. The maximum atomic E-state index is 11.9. The number of nitrogens with one attached hydrogen (secondary N) is 1. The van der Waals surface area contributed by atoms with Crippen molar-refractivity contribution in [3.63, 3.8) is 0 Å². The predicted molar refractivity (Wildman–Crippen MR) is 64.7 cm³/mol. The Bertz CT molecular complexity index is 412. The molecular formula is C12H17N3O3. The van der Waals surface area contributed by atoms with Gasteiger partial charge in [-0.25, -0.2) is 0 Å². The summed E-state index contributed by atoms with van der Waals surface area (Å²) in [4.78, 5) is 25.3. The van der Waals surface area contributed by atoms with Crippen molar-refractivity contribution in [2.45, 2.75) is 26.2 Å². The Balaban J connectivity index is 1.87. The molecule has 0 unspecified atom stereocenters. The van der Waals surface area contributed by atoms with Crippen LogP contribution in [0.25, 0.3) is 0 Å². The average molecular weight is 251 g/mol. The molecule has 0 aliphatic heterocycles. The number of hydrogen-bond donors (Lipinski definition) is 1. The van der Waals surface area contributed by atoms with Crippen LogP contribution >= 0.6 is 0 Å². The lowest BCUT2D eigenvalue weighted by atomic mass is 10.3. The molecule has 2 amide bonds. The summed E-state index contributed by atoms with van der Waals surface area (Å²) >= 11 is 0. The maximum Gasteiger partial charge on any atom is 0.245 e. The van der Waals surface area contributed by atoms with Gasteiger partial charge in [-0.15, -0.1) is 0 Å². The Hall–Kier alpha value is -1.85. The first kappa shape index (κ1) is 12.6. The van der Waals surface area contributed by atoms with E-state index in [4.69, 9.17) is 0 Å². The summed E-state index contributed by atoms with van der Waals surface area (Å²) in [5.74, 6) is 0.352. The maximum absolute atomic E-state index is 11.9. The molecule has 98 valence electrons. The number of hydrogen-bond acceptors (Lipinski definition) is 4. The van der Waals surface area contributed by atoms with Gasteiger partial charge in [-0.05, 0) is 19.3 Å². The molecule has 0 aromatic carbocycles. The zero-order valence-corrected chi connectivity index (χ0v) is 10.4. The minimum absolute atomic E-state index is 0.0794. The highest BCUT2D eigenvalue weighted by atomic mass is 16.5. The summed E-state index contributed by atoms with van der Waals surface area (Å²) in [6, 6.07) is 1.56. The molecule has 6 heteroatoms. The Kier molecular flexibility index (Phi) is 3.96. The van der Waals surface area contributed by atoms with Crippen LogP contribution in [0.15, 0.2) is 16.9 Å². The Morgan fingerprint density at radius 3 is 2.89 bits per heavy atom. The van der Waals surface area contributed by atoms with Crippen LogP contribution in [0, 0.1) is 5.92 Å². The van der Waals surface area contributed by atoms with Gasteiger partial charge in [-0.2, -0.15) is 0 Å². The van der Waals surface area contributed by atoms with Crippen LogP contribution in [0.1, 0.15) is 26.2 Å². The van der Waals surface area contributed by atoms with E-state index in [0.29, 0.717) is 12.4 Å². The molecule has 6 nitrogen and oxygen atoms in total. The van der Waals surface area contributed by atoms with Gasteiger partial charge in [0.25, 0.3) is 0 Å². The van der Waals surface area contributed by atoms with E-state index in [-0.39, 0.29) is 24.3 Å². The molecule has 18 heavy (non-hydrogen) atoms. The first-order valence-corrected chi connectivity index (χ1v) is 6.19. The zero-order valence-electron chi connectivity index (χ0n) is 10.4.